The SMILES string of the molecule is COC1(C)O[C@H]2O[C@H](COC(C)=O)[C@@H](OC(C)=O)[C@H](OC(C)=O)[C@H]2O1. The van der Waals surface area contributed by atoms with Gasteiger partial charge < -0.3 is 28.4 Å². The molecule has 25 heavy (non-hydrogen) atoms. The molecule has 0 bridgehead atoms. The number of methoxy groups -OCH3 is 1. The average molecular weight is 362 g/mol. The fourth-order valence-corrected chi connectivity index (χ4v) is 2.67. The molecule has 142 valence electrons. The van der Waals surface area contributed by atoms with Crippen molar-refractivity contribution in [1.82, 2.24) is 0 Å². The number of carbonyl (C=O) groups is 3. The van der Waals surface area contributed by atoms with Crippen LogP contribution in [0.1, 0.15) is 27.7 Å². The smallest absolute Gasteiger partial charge is 0.303 e. The summed E-state index contributed by atoms with van der Waals surface area (Å²) in [6.07, 6.45) is -4.86. The monoisotopic (exact) mass is 362 g/mol. The number of rotatable bonds is 5. The van der Waals surface area contributed by atoms with Gasteiger partial charge in [0.15, 0.2) is 24.6 Å². The third-order valence-corrected chi connectivity index (χ3v) is 3.70. The average Bonchev–Trinajstić information content (AvgIpc) is 2.84. The molecule has 0 aliphatic carbocycles. The van der Waals surface area contributed by atoms with Crippen LogP contribution < -0.4 is 0 Å². The highest BCUT2D eigenvalue weighted by Crippen LogP contribution is 2.39. The molecule has 6 atom stereocenters. The molecule has 2 heterocycles. The minimum atomic E-state index is -1.43. The zero-order valence-electron chi connectivity index (χ0n) is 14.7. The lowest BCUT2D eigenvalue weighted by Crippen LogP contribution is -2.60. The Bertz CT molecular complexity index is 534. The van der Waals surface area contributed by atoms with Crippen LogP contribution in [0.4, 0.5) is 0 Å². The molecule has 0 spiro atoms. The predicted octanol–water partition coefficient (Wildman–Crippen LogP) is -0.127. The predicted molar refractivity (Wildman–Crippen MR) is 77.8 cm³/mol. The van der Waals surface area contributed by atoms with Gasteiger partial charge in [0.1, 0.15) is 12.7 Å². The number of esters is 3. The Labute approximate surface area is 144 Å². The lowest BCUT2D eigenvalue weighted by atomic mass is 9.98. The van der Waals surface area contributed by atoms with Crippen molar-refractivity contribution >= 4 is 17.9 Å². The quantitative estimate of drug-likeness (QED) is 0.484. The van der Waals surface area contributed by atoms with Crippen LogP contribution in [0, 0.1) is 0 Å². The Kier molecular flexibility index (Phi) is 5.99. The molecule has 0 aromatic heterocycles. The molecule has 0 N–H and O–H groups in total. The zero-order valence-corrected chi connectivity index (χ0v) is 14.7. The van der Waals surface area contributed by atoms with E-state index in [1.54, 1.807) is 0 Å². The van der Waals surface area contributed by atoms with Gasteiger partial charge in [-0.25, -0.2) is 0 Å². The number of ether oxygens (including phenoxy) is 7. The second kappa shape index (κ2) is 7.65. The van der Waals surface area contributed by atoms with E-state index in [0.29, 0.717) is 0 Å². The Morgan fingerprint density at radius 2 is 1.56 bits per heavy atom. The van der Waals surface area contributed by atoms with Crippen molar-refractivity contribution in [2.24, 2.45) is 0 Å². The molecule has 0 aromatic rings. The van der Waals surface area contributed by atoms with Gasteiger partial charge in [-0.05, 0) is 0 Å². The first-order valence-electron chi connectivity index (χ1n) is 7.69. The summed E-state index contributed by atoms with van der Waals surface area (Å²) in [4.78, 5) is 34.1. The Morgan fingerprint density at radius 1 is 0.960 bits per heavy atom. The lowest BCUT2D eigenvalue weighted by molar-refractivity contribution is -0.334. The summed E-state index contributed by atoms with van der Waals surface area (Å²) in [6, 6.07) is 0. The summed E-state index contributed by atoms with van der Waals surface area (Å²) in [5, 5.41) is 0. The van der Waals surface area contributed by atoms with Gasteiger partial charge >= 0.3 is 17.9 Å². The van der Waals surface area contributed by atoms with Crippen molar-refractivity contribution < 1.29 is 47.5 Å². The van der Waals surface area contributed by atoms with Crippen molar-refractivity contribution in [1.29, 1.82) is 0 Å². The number of hydrogen-bond donors (Lipinski definition) is 0. The fraction of sp³-hybridized carbons (Fsp3) is 0.800. The van der Waals surface area contributed by atoms with E-state index >= 15 is 0 Å². The van der Waals surface area contributed by atoms with Gasteiger partial charge in [-0.1, -0.05) is 0 Å². The molecule has 0 aromatic carbocycles. The topological polar surface area (TPSA) is 116 Å². The summed E-state index contributed by atoms with van der Waals surface area (Å²) in [5.74, 6) is -3.19. The first-order chi connectivity index (χ1) is 11.6. The van der Waals surface area contributed by atoms with E-state index in [-0.39, 0.29) is 6.61 Å². The van der Waals surface area contributed by atoms with Crippen molar-refractivity contribution in [2.45, 2.75) is 64.4 Å². The Morgan fingerprint density at radius 3 is 2.08 bits per heavy atom. The molecule has 0 saturated carbocycles. The molecular weight excluding hydrogens is 340 g/mol. The Hall–Kier alpha value is -1.75. The summed E-state index contributed by atoms with van der Waals surface area (Å²) in [6.45, 7) is 4.93. The highest BCUT2D eigenvalue weighted by atomic mass is 16.9. The molecule has 2 aliphatic heterocycles. The normalized spacial score (nSPS) is 37.1. The maximum absolute atomic E-state index is 11.5. The van der Waals surface area contributed by atoms with E-state index in [1.165, 1.54) is 34.8 Å². The van der Waals surface area contributed by atoms with Crippen LogP contribution in [0.15, 0.2) is 0 Å². The van der Waals surface area contributed by atoms with Gasteiger partial charge in [0, 0.05) is 34.8 Å². The maximum Gasteiger partial charge on any atom is 0.303 e. The van der Waals surface area contributed by atoms with Crippen molar-refractivity contribution in [2.75, 3.05) is 13.7 Å². The molecule has 0 amide bonds. The van der Waals surface area contributed by atoms with Gasteiger partial charge in [-0.2, -0.15) is 0 Å². The van der Waals surface area contributed by atoms with E-state index in [4.69, 9.17) is 33.2 Å². The third kappa shape index (κ3) is 4.66. The first kappa shape index (κ1) is 19.6. The standard InChI is InChI=1S/C15H22O10/c1-7(16)20-6-10-11(21-8(2)17)12(22-9(3)18)13-14(23-10)25-15(4,19-5)24-13/h10-14H,6H2,1-5H3/t10-,11-,12+,13-,14-,15?/m1/s1. The van der Waals surface area contributed by atoms with Crippen LogP contribution in [-0.4, -0.2) is 68.3 Å². The fourth-order valence-electron chi connectivity index (χ4n) is 2.67. The van der Waals surface area contributed by atoms with E-state index < -0.39 is 54.6 Å². The molecular formula is C15H22O10. The minimum Gasteiger partial charge on any atom is -0.463 e. The van der Waals surface area contributed by atoms with Gasteiger partial charge in [-0.3, -0.25) is 19.1 Å². The lowest BCUT2D eigenvalue weighted by Gasteiger charge is -2.40. The van der Waals surface area contributed by atoms with Crippen molar-refractivity contribution in [3.05, 3.63) is 0 Å². The van der Waals surface area contributed by atoms with E-state index in [0.717, 1.165) is 0 Å². The Balaban J connectivity index is 2.29. The van der Waals surface area contributed by atoms with Crippen LogP contribution in [0.25, 0.3) is 0 Å². The van der Waals surface area contributed by atoms with Gasteiger partial charge in [0.25, 0.3) is 5.97 Å². The molecule has 2 aliphatic rings. The van der Waals surface area contributed by atoms with E-state index in [1.807, 2.05) is 0 Å². The number of hydrogen-bond acceptors (Lipinski definition) is 10. The molecule has 2 saturated heterocycles. The summed E-state index contributed by atoms with van der Waals surface area (Å²) in [7, 11) is 1.37. The summed E-state index contributed by atoms with van der Waals surface area (Å²) < 4.78 is 37.6. The second-order valence-corrected chi connectivity index (χ2v) is 5.76. The summed E-state index contributed by atoms with van der Waals surface area (Å²) >= 11 is 0. The highest BCUT2D eigenvalue weighted by molar-refractivity contribution is 5.67. The molecule has 2 rings (SSSR count). The first-order valence-corrected chi connectivity index (χ1v) is 7.69. The molecule has 1 unspecified atom stereocenters. The van der Waals surface area contributed by atoms with E-state index in [2.05, 4.69) is 0 Å². The number of fused-ring (bicyclic) bond motifs is 1. The van der Waals surface area contributed by atoms with Crippen molar-refractivity contribution in [3.63, 3.8) is 0 Å². The minimum absolute atomic E-state index is 0.221. The summed E-state index contributed by atoms with van der Waals surface area (Å²) in [5.41, 5.74) is 0. The zero-order chi connectivity index (χ0) is 18.8. The molecule has 2 fully saturated rings. The van der Waals surface area contributed by atoms with Crippen LogP contribution in [0.2, 0.25) is 0 Å². The second-order valence-electron chi connectivity index (χ2n) is 5.76. The maximum atomic E-state index is 11.5. The third-order valence-electron chi connectivity index (χ3n) is 3.70. The van der Waals surface area contributed by atoms with Crippen LogP contribution in [0.5, 0.6) is 0 Å². The van der Waals surface area contributed by atoms with Gasteiger partial charge in [0.05, 0.1) is 0 Å². The van der Waals surface area contributed by atoms with Crippen molar-refractivity contribution in [3.8, 4) is 0 Å². The van der Waals surface area contributed by atoms with Gasteiger partial charge in [0.2, 0.25) is 0 Å². The molecule has 10 heteroatoms. The van der Waals surface area contributed by atoms with Crippen LogP contribution in [-0.2, 0) is 47.5 Å². The van der Waals surface area contributed by atoms with Crippen LogP contribution >= 0.6 is 0 Å². The number of carbonyl (C=O) groups excluding carboxylic acids is 3. The van der Waals surface area contributed by atoms with E-state index in [9.17, 15) is 14.4 Å². The highest BCUT2D eigenvalue weighted by Gasteiger charge is 2.59. The van der Waals surface area contributed by atoms with Crippen LogP contribution in [0.3, 0.4) is 0 Å². The molecule has 10 nitrogen and oxygen atoms in total. The largest absolute Gasteiger partial charge is 0.463 e. The molecule has 0 radical (unpaired) electrons. The van der Waals surface area contributed by atoms with Gasteiger partial charge in [-0.15, -0.1) is 0 Å².